The van der Waals surface area contributed by atoms with Crippen LogP contribution in [0.15, 0.2) is 0 Å². The number of likely N-dealkylation sites (tertiary alicyclic amines) is 1. The van der Waals surface area contributed by atoms with E-state index in [1.165, 1.54) is 0 Å². The summed E-state index contributed by atoms with van der Waals surface area (Å²) in [5.41, 5.74) is -0.505. The standard InChI is InChI=1S/C10H19NO4S.Na/c1-10(2,3)15-9(12)11-6-4-8(5-7-11)16(13)14;/h8H,4-7H2,1-3H3,(H,13,14);/q;+1/p-1. The van der Waals surface area contributed by atoms with E-state index in [9.17, 15) is 13.6 Å². The number of amides is 1. The fraction of sp³-hybridized carbons (Fsp3) is 0.900. The third kappa shape index (κ3) is 6.20. The van der Waals surface area contributed by atoms with Gasteiger partial charge in [-0.1, -0.05) is 11.1 Å². The number of carbonyl (C=O) groups is 1. The second-order valence-electron chi connectivity index (χ2n) is 4.93. The Morgan fingerprint density at radius 1 is 1.35 bits per heavy atom. The molecule has 94 valence electrons. The predicted molar refractivity (Wildman–Crippen MR) is 59.7 cm³/mol. The van der Waals surface area contributed by atoms with Crippen LogP contribution in [0.4, 0.5) is 4.79 Å². The summed E-state index contributed by atoms with van der Waals surface area (Å²) >= 11 is -2.03. The normalized spacial score (nSPS) is 19.4. The van der Waals surface area contributed by atoms with Gasteiger partial charge in [0, 0.05) is 18.3 Å². The first-order chi connectivity index (χ1) is 7.29. The molecule has 7 heteroatoms. The molecular weight excluding hydrogens is 253 g/mol. The van der Waals surface area contributed by atoms with E-state index in [-0.39, 0.29) is 40.9 Å². The van der Waals surface area contributed by atoms with E-state index in [0.29, 0.717) is 25.9 Å². The van der Waals surface area contributed by atoms with E-state index in [0.717, 1.165) is 0 Å². The third-order valence-electron chi connectivity index (χ3n) is 2.37. The molecule has 1 heterocycles. The minimum Gasteiger partial charge on any atom is -0.772 e. The van der Waals surface area contributed by atoms with Gasteiger partial charge in [-0.2, -0.15) is 0 Å². The molecule has 0 saturated carbocycles. The van der Waals surface area contributed by atoms with Gasteiger partial charge in [0.15, 0.2) is 0 Å². The van der Waals surface area contributed by atoms with Gasteiger partial charge in [-0.05, 0) is 33.6 Å². The monoisotopic (exact) mass is 271 g/mol. The molecule has 1 saturated heterocycles. The SMILES string of the molecule is CC(C)(C)OC(=O)N1CCC(S(=O)[O-])CC1.[Na+]. The van der Waals surface area contributed by atoms with Gasteiger partial charge in [0.1, 0.15) is 5.60 Å². The van der Waals surface area contributed by atoms with Crippen molar-refractivity contribution in [1.29, 1.82) is 0 Å². The summed E-state index contributed by atoms with van der Waals surface area (Å²) in [6.45, 7) is 6.33. The Hall–Kier alpha value is 0.380. The van der Waals surface area contributed by atoms with Gasteiger partial charge < -0.3 is 14.2 Å². The zero-order valence-electron chi connectivity index (χ0n) is 10.9. The molecule has 0 radical (unpaired) electrons. The van der Waals surface area contributed by atoms with Gasteiger partial charge in [-0.25, -0.2) is 4.79 Å². The Labute approximate surface area is 127 Å². The Morgan fingerprint density at radius 2 is 1.82 bits per heavy atom. The predicted octanol–water partition coefficient (Wildman–Crippen LogP) is -1.73. The zero-order chi connectivity index (χ0) is 12.3. The van der Waals surface area contributed by atoms with Crippen LogP contribution in [0.25, 0.3) is 0 Å². The Balaban J connectivity index is 0.00000256. The van der Waals surface area contributed by atoms with Crippen LogP contribution < -0.4 is 29.6 Å². The van der Waals surface area contributed by atoms with Crippen LogP contribution in [0.5, 0.6) is 0 Å². The molecular formula is C10H18NNaO4S. The summed E-state index contributed by atoms with van der Waals surface area (Å²) in [4.78, 5) is 13.2. The maximum Gasteiger partial charge on any atom is 1.00 e. The molecule has 1 fully saturated rings. The number of hydrogen-bond acceptors (Lipinski definition) is 4. The van der Waals surface area contributed by atoms with E-state index in [1.807, 2.05) is 20.8 Å². The number of hydrogen-bond donors (Lipinski definition) is 0. The van der Waals surface area contributed by atoms with Crippen molar-refractivity contribution in [2.45, 2.75) is 44.5 Å². The number of nitrogens with zero attached hydrogens (tertiary/aromatic N) is 1. The summed E-state index contributed by atoms with van der Waals surface area (Å²) in [7, 11) is 0. The molecule has 0 N–H and O–H groups in total. The van der Waals surface area contributed by atoms with Crippen LogP contribution in [0, 0.1) is 0 Å². The van der Waals surface area contributed by atoms with Crippen LogP contribution in [-0.2, 0) is 15.8 Å². The van der Waals surface area contributed by atoms with Gasteiger partial charge in [0.2, 0.25) is 0 Å². The summed E-state index contributed by atoms with van der Waals surface area (Å²) in [6.07, 6.45) is 0.632. The second kappa shape index (κ2) is 7.09. The van der Waals surface area contributed by atoms with Crippen molar-refractivity contribution in [2.75, 3.05) is 13.1 Å². The summed E-state index contributed by atoms with van der Waals surface area (Å²) in [6, 6.07) is 0. The summed E-state index contributed by atoms with van der Waals surface area (Å²) in [5, 5.41) is -0.321. The minimum absolute atomic E-state index is 0. The molecule has 0 bridgehead atoms. The molecule has 1 unspecified atom stereocenters. The summed E-state index contributed by atoms with van der Waals surface area (Å²) < 4.78 is 26.7. The maximum atomic E-state index is 11.6. The molecule has 5 nitrogen and oxygen atoms in total. The largest absolute Gasteiger partial charge is 1.00 e. The molecule has 1 aliphatic heterocycles. The van der Waals surface area contributed by atoms with Crippen LogP contribution in [0.1, 0.15) is 33.6 Å². The first kappa shape index (κ1) is 17.4. The van der Waals surface area contributed by atoms with E-state index >= 15 is 0 Å². The molecule has 1 rings (SSSR count). The summed E-state index contributed by atoms with van der Waals surface area (Å²) in [5.74, 6) is 0. The average molecular weight is 271 g/mol. The Bertz CT molecular complexity index is 285. The van der Waals surface area contributed by atoms with Crippen molar-refractivity contribution < 1.29 is 47.9 Å². The fourth-order valence-electron chi connectivity index (χ4n) is 1.56. The second-order valence-corrected chi connectivity index (χ2v) is 6.11. The molecule has 0 aromatic heterocycles. The molecule has 1 amide bonds. The van der Waals surface area contributed by atoms with Crippen molar-refractivity contribution >= 4 is 17.2 Å². The van der Waals surface area contributed by atoms with Crippen LogP contribution in [0.3, 0.4) is 0 Å². The van der Waals surface area contributed by atoms with Crippen molar-refractivity contribution in [2.24, 2.45) is 0 Å². The Morgan fingerprint density at radius 3 is 2.18 bits per heavy atom. The van der Waals surface area contributed by atoms with Crippen LogP contribution in [-0.4, -0.2) is 43.7 Å². The maximum absolute atomic E-state index is 11.6. The number of piperidine rings is 1. The van der Waals surface area contributed by atoms with E-state index < -0.39 is 16.7 Å². The van der Waals surface area contributed by atoms with Crippen molar-refractivity contribution in [1.82, 2.24) is 4.90 Å². The van der Waals surface area contributed by atoms with E-state index in [1.54, 1.807) is 4.90 Å². The Kier molecular flexibility index (Phi) is 7.25. The fourth-order valence-corrected chi connectivity index (χ4v) is 2.15. The minimum atomic E-state index is -2.03. The van der Waals surface area contributed by atoms with Gasteiger partial charge >= 0.3 is 35.7 Å². The third-order valence-corrected chi connectivity index (χ3v) is 3.38. The average Bonchev–Trinajstić information content (AvgIpc) is 2.15. The first-order valence-corrected chi connectivity index (χ1v) is 6.49. The smallest absolute Gasteiger partial charge is 0.772 e. The molecule has 0 spiro atoms. The molecule has 1 atom stereocenters. The van der Waals surface area contributed by atoms with Crippen molar-refractivity contribution in [3.63, 3.8) is 0 Å². The molecule has 17 heavy (non-hydrogen) atoms. The molecule has 0 aromatic carbocycles. The van der Waals surface area contributed by atoms with Gasteiger partial charge in [0.05, 0.1) is 0 Å². The van der Waals surface area contributed by atoms with Crippen molar-refractivity contribution in [3.05, 3.63) is 0 Å². The van der Waals surface area contributed by atoms with Crippen molar-refractivity contribution in [3.8, 4) is 0 Å². The zero-order valence-corrected chi connectivity index (χ0v) is 13.7. The number of ether oxygens (including phenoxy) is 1. The van der Waals surface area contributed by atoms with E-state index in [4.69, 9.17) is 4.74 Å². The topological polar surface area (TPSA) is 69.7 Å². The van der Waals surface area contributed by atoms with Gasteiger partial charge in [-0.3, -0.25) is 4.21 Å². The van der Waals surface area contributed by atoms with E-state index in [2.05, 4.69) is 0 Å². The van der Waals surface area contributed by atoms with Gasteiger partial charge in [0.25, 0.3) is 0 Å². The molecule has 0 aliphatic carbocycles. The quantitative estimate of drug-likeness (QED) is 0.420. The van der Waals surface area contributed by atoms with Gasteiger partial charge in [-0.15, -0.1) is 0 Å². The molecule has 0 aromatic rings. The first-order valence-electron chi connectivity index (χ1n) is 5.35. The number of rotatable bonds is 1. The molecule has 1 aliphatic rings. The number of carbonyl (C=O) groups excluding carboxylic acids is 1. The van der Waals surface area contributed by atoms with Crippen LogP contribution >= 0.6 is 0 Å². The van der Waals surface area contributed by atoms with Crippen LogP contribution in [0.2, 0.25) is 0 Å².